The van der Waals surface area contributed by atoms with Gasteiger partial charge in [-0.25, -0.2) is 9.97 Å². The van der Waals surface area contributed by atoms with E-state index < -0.39 is 0 Å². The van der Waals surface area contributed by atoms with E-state index >= 15 is 0 Å². The van der Waals surface area contributed by atoms with Gasteiger partial charge >= 0.3 is 0 Å². The van der Waals surface area contributed by atoms with E-state index in [-0.39, 0.29) is 0 Å². The molecular formula is C13H19N5. The summed E-state index contributed by atoms with van der Waals surface area (Å²) in [5.74, 6) is 2.66. The van der Waals surface area contributed by atoms with Crippen LogP contribution in [0.4, 0.5) is 0 Å². The Kier molecular flexibility index (Phi) is 4.04. The summed E-state index contributed by atoms with van der Waals surface area (Å²) in [5, 5.41) is 7.58. The molecule has 0 atom stereocenters. The minimum atomic E-state index is 0.825. The first-order chi connectivity index (χ1) is 8.78. The molecule has 0 aliphatic rings. The van der Waals surface area contributed by atoms with E-state index in [1.807, 2.05) is 24.0 Å². The van der Waals surface area contributed by atoms with Gasteiger partial charge < -0.3 is 5.32 Å². The lowest BCUT2D eigenvalue weighted by Gasteiger charge is -2.04. The molecule has 0 bridgehead atoms. The van der Waals surface area contributed by atoms with Crippen LogP contribution in [0, 0.1) is 0 Å². The molecule has 0 saturated carbocycles. The van der Waals surface area contributed by atoms with Crippen molar-refractivity contribution in [2.24, 2.45) is 0 Å². The SMILES string of the molecule is CCc1nc(CC)n(-c2ccc(CNC)cn2)n1. The lowest BCUT2D eigenvalue weighted by molar-refractivity contribution is 0.761. The van der Waals surface area contributed by atoms with Gasteiger partial charge in [-0.05, 0) is 18.7 Å². The minimum absolute atomic E-state index is 0.825. The van der Waals surface area contributed by atoms with Crippen LogP contribution in [-0.4, -0.2) is 26.8 Å². The van der Waals surface area contributed by atoms with Crippen LogP contribution in [0.25, 0.3) is 5.82 Å². The zero-order valence-corrected chi connectivity index (χ0v) is 11.1. The molecule has 0 radical (unpaired) electrons. The van der Waals surface area contributed by atoms with Crippen LogP contribution in [0.5, 0.6) is 0 Å². The largest absolute Gasteiger partial charge is 0.316 e. The van der Waals surface area contributed by atoms with E-state index in [1.165, 1.54) is 0 Å². The normalized spacial score (nSPS) is 10.8. The van der Waals surface area contributed by atoms with E-state index in [9.17, 15) is 0 Å². The van der Waals surface area contributed by atoms with Crippen molar-refractivity contribution in [3.05, 3.63) is 35.5 Å². The highest BCUT2D eigenvalue weighted by Crippen LogP contribution is 2.09. The Bertz CT molecular complexity index is 501. The number of rotatable bonds is 5. The number of aryl methyl sites for hydroxylation is 2. The third-order valence-electron chi connectivity index (χ3n) is 2.76. The summed E-state index contributed by atoms with van der Waals surface area (Å²) in [7, 11) is 1.92. The number of nitrogens with zero attached hydrogens (tertiary/aromatic N) is 4. The summed E-state index contributed by atoms with van der Waals surface area (Å²) in [4.78, 5) is 8.93. The van der Waals surface area contributed by atoms with Crippen molar-refractivity contribution >= 4 is 0 Å². The van der Waals surface area contributed by atoms with Gasteiger partial charge in [0.1, 0.15) is 5.82 Å². The topological polar surface area (TPSA) is 55.6 Å². The summed E-state index contributed by atoms with van der Waals surface area (Å²) >= 11 is 0. The Morgan fingerprint density at radius 2 is 2.06 bits per heavy atom. The van der Waals surface area contributed by atoms with Crippen LogP contribution in [-0.2, 0) is 19.4 Å². The zero-order chi connectivity index (χ0) is 13.0. The standard InChI is InChI=1S/C13H19N5/c1-4-11-16-12(5-2)18(17-11)13-7-6-10(8-14-3)9-15-13/h6-7,9,14H,4-5,8H2,1-3H3. The van der Waals surface area contributed by atoms with Gasteiger partial charge in [0.15, 0.2) is 11.6 Å². The van der Waals surface area contributed by atoms with Crippen molar-refractivity contribution in [3.8, 4) is 5.82 Å². The van der Waals surface area contributed by atoms with Gasteiger partial charge in [-0.15, -0.1) is 5.10 Å². The van der Waals surface area contributed by atoms with Crippen LogP contribution in [0.1, 0.15) is 31.1 Å². The van der Waals surface area contributed by atoms with Gasteiger partial charge in [0.05, 0.1) is 0 Å². The highest BCUT2D eigenvalue weighted by atomic mass is 15.4. The molecule has 2 aromatic heterocycles. The van der Waals surface area contributed by atoms with Gasteiger partial charge in [-0.3, -0.25) is 0 Å². The summed E-state index contributed by atoms with van der Waals surface area (Å²) in [6, 6.07) is 4.05. The molecule has 0 aliphatic heterocycles. The van der Waals surface area contributed by atoms with Gasteiger partial charge in [-0.2, -0.15) is 4.68 Å². The molecule has 0 spiro atoms. The van der Waals surface area contributed by atoms with Crippen LogP contribution >= 0.6 is 0 Å². The Morgan fingerprint density at radius 1 is 1.22 bits per heavy atom. The summed E-state index contributed by atoms with van der Waals surface area (Å²) in [6.45, 7) is 4.96. The van der Waals surface area contributed by atoms with Crippen LogP contribution in [0.2, 0.25) is 0 Å². The Morgan fingerprint density at radius 3 is 2.61 bits per heavy atom. The molecule has 0 amide bonds. The number of nitrogens with one attached hydrogen (secondary N) is 1. The average molecular weight is 245 g/mol. The molecule has 0 saturated heterocycles. The van der Waals surface area contributed by atoms with Gasteiger partial charge in [0.2, 0.25) is 0 Å². The molecule has 2 aromatic rings. The minimum Gasteiger partial charge on any atom is -0.316 e. The Labute approximate surface area is 107 Å². The number of hydrogen-bond acceptors (Lipinski definition) is 4. The number of aromatic nitrogens is 4. The molecule has 0 aliphatic carbocycles. The fourth-order valence-corrected chi connectivity index (χ4v) is 1.80. The van der Waals surface area contributed by atoms with Crippen molar-refractivity contribution < 1.29 is 0 Å². The van der Waals surface area contributed by atoms with E-state index in [2.05, 4.69) is 40.3 Å². The Hall–Kier alpha value is -1.75. The molecule has 0 aromatic carbocycles. The third-order valence-corrected chi connectivity index (χ3v) is 2.76. The van der Waals surface area contributed by atoms with E-state index in [0.717, 1.165) is 42.4 Å². The fraction of sp³-hybridized carbons (Fsp3) is 0.462. The molecule has 2 rings (SSSR count). The Balaban J connectivity index is 2.32. The van der Waals surface area contributed by atoms with Gasteiger partial charge in [0.25, 0.3) is 0 Å². The molecule has 96 valence electrons. The van der Waals surface area contributed by atoms with Crippen molar-refractivity contribution in [2.45, 2.75) is 33.2 Å². The zero-order valence-electron chi connectivity index (χ0n) is 11.1. The van der Waals surface area contributed by atoms with Crippen molar-refractivity contribution in [1.29, 1.82) is 0 Å². The summed E-state index contributed by atoms with van der Waals surface area (Å²) < 4.78 is 1.84. The van der Waals surface area contributed by atoms with E-state index in [1.54, 1.807) is 0 Å². The quantitative estimate of drug-likeness (QED) is 0.867. The first-order valence-electron chi connectivity index (χ1n) is 6.33. The maximum absolute atomic E-state index is 4.48. The number of hydrogen-bond donors (Lipinski definition) is 1. The van der Waals surface area contributed by atoms with Crippen molar-refractivity contribution in [1.82, 2.24) is 25.1 Å². The van der Waals surface area contributed by atoms with Crippen LogP contribution < -0.4 is 5.32 Å². The van der Waals surface area contributed by atoms with E-state index in [4.69, 9.17) is 0 Å². The lowest BCUT2D eigenvalue weighted by Crippen LogP contribution is -2.08. The predicted octanol–water partition coefficient (Wildman–Crippen LogP) is 1.51. The molecule has 18 heavy (non-hydrogen) atoms. The molecule has 2 heterocycles. The molecule has 1 N–H and O–H groups in total. The highest BCUT2D eigenvalue weighted by molar-refractivity contribution is 5.25. The molecule has 5 nitrogen and oxygen atoms in total. The van der Waals surface area contributed by atoms with Gasteiger partial charge in [0, 0.05) is 25.6 Å². The highest BCUT2D eigenvalue weighted by Gasteiger charge is 2.09. The van der Waals surface area contributed by atoms with Crippen molar-refractivity contribution in [2.75, 3.05) is 7.05 Å². The monoisotopic (exact) mass is 245 g/mol. The molecule has 0 fully saturated rings. The molecular weight excluding hydrogens is 226 g/mol. The third kappa shape index (κ3) is 2.56. The smallest absolute Gasteiger partial charge is 0.155 e. The fourth-order valence-electron chi connectivity index (χ4n) is 1.80. The number of pyridine rings is 1. The second-order valence-corrected chi connectivity index (χ2v) is 4.12. The first-order valence-corrected chi connectivity index (χ1v) is 6.33. The summed E-state index contributed by atoms with van der Waals surface area (Å²) in [6.07, 6.45) is 3.57. The van der Waals surface area contributed by atoms with Crippen LogP contribution in [0.3, 0.4) is 0 Å². The van der Waals surface area contributed by atoms with Gasteiger partial charge in [-0.1, -0.05) is 19.9 Å². The molecule has 5 heteroatoms. The maximum Gasteiger partial charge on any atom is 0.155 e. The lowest BCUT2D eigenvalue weighted by atomic mass is 10.3. The van der Waals surface area contributed by atoms with Crippen molar-refractivity contribution in [3.63, 3.8) is 0 Å². The van der Waals surface area contributed by atoms with E-state index in [0.29, 0.717) is 0 Å². The van der Waals surface area contributed by atoms with Crippen LogP contribution in [0.15, 0.2) is 18.3 Å². The first kappa shape index (κ1) is 12.7. The molecule has 0 unspecified atom stereocenters. The average Bonchev–Trinajstić information content (AvgIpc) is 2.83. The predicted molar refractivity (Wildman–Crippen MR) is 70.7 cm³/mol. The maximum atomic E-state index is 4.48. The summed E-state index contributed by atoms with van der Waals surface area (Å²) in [5.41, 5.74) is 1.16. The second-order valence-electron chi connectivity index (χ2n) is 4.12. The second kappa shape index (κ2) is 5.73.